The third kappa shape index (κ3) is 5.93. The maximum absolute atomic E-state index is 12.9. The zero-order valence-electron chi connectivity index (χ0n) is 19.8. The number of ether oxygens (including phenoxy) is 1. The Labute approximate surface area is 211 Å². The molecule has 0 spiro atoms. The lowest BCUT2D eigenvalue weighted by molar-refractivity contribution is 0.0621. The predicted molar refractivity (Wildman–Crippen MR) is 136 cm³/mol. The second-order valence-corrected chi connectivity index (χ2v) is 10.4. The molecule has 1 amide bonds. The molecule has 3 aromatic rings. The van der Waals surface area contributed by atoms with Crippen molar-refractivity contribution >= 4 is 29.1 Å². The molecule has 0 radical (unpaired) electrons. The molecular formula is C26H30Cl2N4O2. The molecule has 0 aliphatic carbocycles. The largest absolute Gasteiger partial charge is 0.471 e. The lowest BCUT2D eigenvalue weighted by atomic mass is 9.87. The number of aromatic nitrogens is 2. The van der Waals surface area contributed by atoms with Crippen molar-refractivity contribution in [1.29, 1.82) is 0 Å². The van der Waals surface area contributed by atoms with Gasteiger partial charge in [-0.05, 0) is 41.3 Å². The van der Waals surface area contributed by atoms with E-state index in [1.807, 2.05) is 35.2 Å². The highest BCUT2D eigenvalue weighted by atomic mass is 35.5. The summed E-state index contributed by atoms with van der Waals surface area (Å²) in [5.74, 6) is 0.704. The molecule has 0 N–H and O–H groups in total. The van der Waals surface area contributed by atoms with Crippen LogP contribution in [0.1, 0.15) is 42.4 Å². The minimum absolute atomic E-state index is 0.0660. The Kier molecular flexibility index (Phi) is 7.51. The van der Waals surface area contributed by atoms with Crippen LogP contribution in [0.25, 0.3) is 0 Å². The van der Waals surface area contributed by atoms with Crippen molar-refractivity contribution in [3.63, 3.8) is 0 Å². The second kappa shape index (κ2) is 10.4. The maximum Gasteiger partial charge on any atom is 0.274 e. The van der Waals surface area contributed by atoms with Crippen LogP contribution >= 0.6 is 23.2 Å². The van der Waals surface area contributed by atoms with Crippen LogP contribution in [0, 0.1) is 0 Å². The molecule has 2 aromatic carbocycles. The summed E-state index contributed by atoms with van der Waals surface area (Å²) >= 11 is 12.6. The highest BCUT2D eigenvalue weighted by molar-refractivity contribution is 6.35. The van der Waals surface area contributed by atoms with Crippen molar-refractivity contribution in [2.75, 3.05) is 26.2 Å². The summed E-state index contributed by atoms with van der Waals surface area (Å²) in [7, 11) is 0. The first-order chi connectivity index (χ1) is 16.2. The smallest absolute Gasteiger partial charge is 0.274 e. The van der Waals surface area contributed by atoms with E-state index in [1.54, 1.807) is 16.9 Å². The van der Waals surface area contributed by atoms with Crippen LogP contribution in [0.2, 0.25) is 10.0 Å². The summed E-state index contributed by atoms with van der Waals surface area (Å²) in [6, 6.07) is 15.4. The van der Waals surface area contributed by atoms with Gasteiger partial charge in [-0.2, -0.15) is 5.10 Å². The molecule has 4 rings (SSSR count). The van der Waals surface area contributed by atoms with Gasteiger partial charge in [-0.25, -0.2) is 4.68 Å². The molecule has 6 nitrogen and oxygen atoms in total. The average Bonchev–Trinajstić information content (AvgIpc) is 3.29. The van der Waals surface area contributed by atoms with Crippen LogP contribution in [0.3, 0.4) is 0 Å². The minimum atomic E-state index is -0.0660. The number of rotatable bonds is 6. The first-order valence-electron chi connectivity index (χ1n) is 11.4. The standard InChI is InChI=1S/C26H30Cl2N4O2/c1-26(2,3)19-7-9-20(10-8-19)34-18-32-12-11-24(29-32)25(33)31-15-13-30(14-16-31)17-21-22(27)5-4-6-23(21)28/h4-12H,13-18H2,1-3H3. The first-order valence-corrected chi connectivity index (χ1v) is 12.2. The highest BCUT2D eigenvalue weighted by Crippen LogP contribution is 2.26. The number of amides is 1. The van der Waals surface area contributed by atoms with E-state index in [0.29, 0.717) is 35.4 Å². The minimum Gasteiger partial charge on any atom is -0.471 e. The van der Waals surface area contributed by atoms with Gasteiger partial charge in [0.1, 0.15) is 5.75 Å². The molecule has 8 heteroatoms. The van der Waals surface area contributed by atoms with Crippen molar-refractivity contribution in [2.24, 2.45) is 0 Å². The number of piperazine rings is 1. The van der Waals surface area contributed by atoms with Gasteiger partial charge in [0.25, 0.3) is 5.91 Å². The molecule has 1 aromatic heterocycles. The lowest BCUT2D eigenvalue weighted by Crippen LogP contribution is -2.48. The summed E-state index contributed by atoms with van der Waals surface area (Å²) in [5, 5.41) is 5.76. The molecule has 0 bridgehead atoms. The third-order valence-electron chi connectivity index (χ3n) is 6.05. The number of hydrogen-bond donors (Lipinski definition) is 0. The van der Waals surface area contributed by atoms with E-state index < -0.39 is 0 Å². The summed E-state index contributed by atoms with van der Waals surface area (Å²) < 4.78 is 7.47. The van der Waals surface area contributed by atoms with Crippen molar-refractivity contribution in [2.45, 2.75) is 39.5 Å². The Morgan fingerprint density at radius 2 is 1.62 bits per heavy atom. The van der Waals surface area contributed by atoms with Crippen LogP contribution < -0.4 is 4.74 Å². The van der Waals surface area contributed by atoms with Crippen molar-refractivity contribution in [3.05, 3.63) is 81.6 Å². The molecule has 34 heavy (non-hydrogen) atoms. The van der Waals surface area contributed by atoms with E-state index in [1.165, 1.54) is 5.56 Å². The fourth-order valence-electron chi connectivity index (χ4n) is 3.92. The number of carbonyl (C=O) groups excluding carboxylic acids is 1. The molecule has 180 valence electrons. The summed E-state index contributed by atoms with van der Waals surface area (Å²) in [4.78, 5) is 17.0. The van der Waals surface area contributed by atoms with Gasteiger partial charge in [0, 0.05) is 54.5 Å². The summed E-state index contributed by atoms with van der Waals surface area (Å²) in [6.07, 6.45) is 1.77. The van der Waals surface area contributed by atoms with Gasteiger partial charge in [0.2, 0.25) is 0 Å². The van der Waals surface area contributed by atoms with Gasteiger partial charge in [-0.1, -0.05) is 62.2 Å². The monoisotopic (exact) mass is 500 g/mol. The Balaban J connectivity index is 1.28. The zero-order chi connectivity index (χ0) is 24.3. The van der Waals surface area contributed by atoms with Crippen LogP contribution in [0.15, 0.2) is 54.7 Å². The van der Waals surface area contributed by atoms with Crippen LogP contribution in [0.5, 0.6) is 5.75 Å². The summed E-state index contributed by atoms with van der Waals surface area (Å²) in [6.45, 7) is 10.2. The van der Waals surface area contributed by atoms with Gasteiger partial charge < -0.3 is 9.64 Å². The topological polar surface area (TPSA) is 50.6 Å². The fourth-order valence-corrected chi connectivity index (χ4v) is 4.43. The van der Waals surface area contributed by atoms with Crippen LogP contribution in [-0.4, -0.2) is 51.7 Å². The second-order valence-electron chi connectivity index (χ2n) is 9.56. The van der Waals surface area contributed by atoms with Gasteiger partial charge >= 0.3 is 0 Å². The van der Waals surface area contributed by atoms with E-state index in [2.05, 4.69) is 42.9 Å². The van der Waals surface area contributed by atoms with Crippen molar-refractivity contribution < 1.29 is 9.53 Å². The Bertz CT molecular complexity index is 1110. The Hall–Kier alpha value is -2.54. The normalized spacial score (nSPS) is 14.9. The van der Waals surface area contributed by atoms with Crippen molar-refractivity contribution in [1.82, 2.24) is 19.6 Å². The maximum atomic E-state index is 12.9. The van der Waals surface area contributed by atoms with E-state index in [-0.39, 0.29) is 18.1 Å². The highest BCUT2D eigenvalue weighted by Gasteiger charge is 2.24. The first kappa shape index (κ1) is 24.6. The SMILES string of the molecule is CC(C)(C)c1ccc(OCn2ccc(C(=O)N3CCN(Cc4c(Cl)cccc4Cl)CC3)n2)cc1. The number of benzene rings is 2. The molecule has 0 atom stereocenters. The number of carbonyl (C=O) groups is 1. The van der Waals surface area contributed by atoms with Gasteiger partial charge in [0.05, 0.1) is 0 Å². The predicted octanol–water partition coefficient (Wildman–Crippen LogP) is 5.48. The molecule has 1 saturated heterocycles. The van der Waals surface area contributed by atoms with Crippen LogP contribution in [0.4, 0.5) is 0 Å². The molecule has 0 saturated carbocycles. The van der Waals surface area contributed by atoms with Gasteiger partial charge in [0.15, 0.2) is 12.4 Å². The molecular weight excluding hydrogens is 471 g/mol. The van der Waals surface area contributed by atoms with E-state index >= 15 is 0 Å². The van der Waals surface area contributed by atoms with Crippen LogP contribution in [-0.2, 0) is 18.7 Å². The quantitative estimate of drug-likeness (QED) is 0.449. The third-order valence-corrected chi connectivity index (χ3v) is 6.75. The van der Waals surface area contributed by atoms with Gasteiger partial charge in [-0.3, -0.25) is 9.69 Å². The number of nitrogens with zero attached hydrogens (tertiary/aromatic N) is 4. The molecule has 1 aliphatic rings. The van der Waals surface area contributed by atoms with Gasteiger partial charge in [-0.15, -0.1) is 0 Å². The zero-order valence-corrected chi connectivity index (χ0v) is 21.3. The lowest BCUT2D eigenvalue weighted by Gasteiger charge is -2.34. The fraction of sp³-hybridized carbons (Fsp3) is 0.385. The molecule has 1 fully saturated rings. The average molecular weight is 501 g/mol. The molecule has 0 unspecified atom stereocenters. The van der Waals surface area contributed by atoms with Crippen molar-refractivity contribution in [3.8, 4) is 5.75 Å². The number of halogens is 2. The van der Waals surface area contributed by atoms with E-state index in [0.717, 1.165) is 24.4 Å². The van der Waals surface area contributed by atoms with E-state index in [4.69, 9.17) is 27.9 Å². The number of hydrogen-bond acceptors (Lipinski definition) is 4. The molecule has 2 heterocycles. The molecule has 1 aliphatic heterocycles. The Morgan fingerprint density at radius 1 is 0.971 bits per heavy atom. The Morgan fingerprint density at radius 3 is 2.24 bits per heavy atom. The summed E-state index contributed by atoms with van der Waals surface area (Å²) in [5.41, 5.74) is 2.71. The van der Waals surface area contributed by atoms with E-state index in [9.17, 15) is 4.79 Å².